The lowest BCUT2D eigenvalue weighted by Gasteiger charge is -2.29. The molecule has 0 saturated carbocycles. The molecule has 1 heterocycles. The van der Waals surface area contributed by atoms with Gasteiger partial charge in [-0.1, -0.05) is 28.1 Å². The fourth-order valence-electron chi connectivity index (χ4n) is 2.62. The lowest BCUT2D eigenvalue weighted by atomic mass is 10.1. The lowest BCUT2D eigenvalue weighted by Crippen LogP contribution is -2.54. The second-order valence-corrected chi connectivity index (χ2v) is 7.26. The number of methoxy groups -OCH3 is 1. The molecular formula is C20H14BrFN2O5S. The number of hydrogen-bond acceptors (Lipinski definition) is 6. The Hall–Kier alpha value is -3.11. The summed E-state index contributed by atoms with van der Waals surface area (Å²) in [6, 6.07) is 10.4. The molecule has 1 aliphatic heterocycles. The minimum atomic E-state index is -0.798. The summed E-state index contributed by atoms with van der Waals surface area (Å²) >= 11 is 8.38. The van der Waals surface area contributed by atoms with Crippen LogP contribution < -0.4 is 15.0 Å². The van der Waals surface area contributed by atoms with Crippen molar-refractivity contribution in [3.63, 3.8) is 0 Å². The van der Waals surface area contributed by atoms with Crippen molar-refractivity contribution in [3.05, 3.63) is 63.9 Å². The number of rotatable bonds is 5. The summed E-state index contributed by atoms with van der Waals surface area (Å²) in [5.41, 5.74) is -0.0317. The normalized spacial score (nSPS) is 15.2. The first-order valence-corrected chi connectivity index (χ1v) is 9.67. The van der Waals surface area contributed by atoms with Crippen molar-refractivity contribution >= 4 is 62.8 Å². The summed E-state index contributed by atoms with van der Waals surface area (Å²) in [4.78, 5) is 37.8. The van der Waals surface area contributed by atoms with E-state index in [9.17, 15) is 18.8 Å². The number of hydrogen-bond donors (Lipinski definition) is 1. The first kappa shape index (κ1) is 21.6. The second-order valence-electron chi connectivity index (χ2n) is 5.96. The van der Waals surface area contributed by atoms with Gasteiger partial charge in [-0.25, -0.2) is 14.1 Å². The topological polar surface area (TPSA) is 84.9 Å². The Bertz CT molecular complexity index is 1090. The van der Waals surface area contributed by atoms with Crippen LogP contribution in [0.3, 0.4) is 0 Å². The van der Waals surface area contributed by atoms with Gasteiger partial charge in [-0.15, -0.1) is 0 Å². The zero-order valence-corrected chi connectivity index (χ0v) is 17.9. The van der Waals surface area contributed by atoms with Crippen LogP contribution in [0.25, 0.3) is 6.08 Å². The van der Waals surface area contributed by atoms with Crippen molar-refractivity contribution in [2.45, 2.75) is 0 Å². The van der Waals surface area contributed by atoms with E-state index >= 15 is 0 Å². The summed E-state index contributed by atoms with van der Waals surface area (Å²) in [6.07, 6.45) is 1.28. The molecule has 2 aromatic rings. The van der Waals surface area contributed by atoms with Gasteiger partial charge in [-0.3, -0.25) is 14.9 Å². The third-order valence-electron chi connectivity index (χ3n) is 4.04. The second kappa shape index (κ2) is 9.14. The van der Waals surface area contributed by atoms with Crippen LogP contribution in [0.2, 0.25) is 0 Å². The Morgan fingerprint density at radius 3 is 2.70 bits per heavy atom. The van der Waals surface area contributed by atoms with Crippen LogP contribution >= 0.6 is 28.1 Å². The maximum absolute atomic E-state index is 14.2. The number of anilines is 1. The van der Waals surface area contributed by atoms with Crippen molar-refractivity contribution in [1.29, 1.82) is 0 Å². The number of carbonyl (C=O) groups is 3. The predicted octanol–water partition coefficient (Wildman–Crippen LogP) is 2.97. The van der Waals surface area contributed by atoms with E-state index in [1.165, 1.54) is 31.4 Å². The maximum atomic E-state index is 14.2. The Morgan fingerprint density at radius 1 is 1.27 bits per heavy atom. The Labute approximate surface area is 184 Å². The lowest BCUT2D eigenvalue weighted by molar-refractivity contribution is -0.143. The highest BCUT2D eigenvalue weighted by Gasteiger charge is 2.35. The molecule has 0 atom stereocenters. The number of amides is 2. The van der Waals surface area contributed by atoms with Gasteiger partial charge < -0.3 is 9.47 Å². The third kappa shape index (κ3) is 4.55. The molecule has 1 N–H and O–H groups in total. The van der Waals surface area contributed by atoms with Crippen molar-refractivity contribution in [2.24, 2.45) is 0 Å². The quantitative estimate of drug-likeness (QED) is 0.299. The van der Waals surface area contributed by atoms with Gasteiger partial charge in [0.1, 0.15) is 17.1 Å². The van der Waals surface area contributed by atoms with Gasteiger partial charge in [0.2, 0.25) is 0 Å². The van der Waals surface area contributed by atoms with E-state index in [4.69, 9.17) is 17.0 Å². The van der Waals surface area contributed by atoms with Crippen molar-refractivity contribution in [1.82, 2.24) is 5.32 Å². The van der Waals surface area contributed by atoms with Gasteiger partial charge in [0, 0.05) is 10.0 Å². The number of nitrogens with one attached hydrogen (secondary N) is 1. The van der Waals surface area contributed by atoms with Gasteiger partial charge in [0.05, 0.1) is 12.8 Å². The highest BCUT2D eigenvalue weighted by Crippen LogP contribution is 2.29. The molecule has 1 saturated heterocycles. The summed E-state index contributed by atoms with van der Waals surface area (Å²) in [6.45, 7) is -0.361. The Balaban J connectivity index is 2.02. The molecule has 1 aliphatic rings. The van der Waals surface area contributed by atoms with Gasteiger partial charge in [-0.05, 0) is 48.6 Å². The highest BCUT2D eigenvalue weighted by molar-refractivity contribution is 9.10. The highest BCUT2D eigenvalue weighted by atomic mass is 79.9. The molecule has 2 aromatic carbocycles. The molecular weight excluding hydrogens is 479 g/mol. The molecule has 30 heavy (non-hydrogen) atoms. The van der Waals surface area contributed by atoms with Crippen LogP contribution in [0.5, 0.6) is 5.75 Å². The Morgan fingerprint density at radius 2 is 2.00 bits per heavy atom. The van der Waals surface area contributed by atoms with Crippen LogP contribution in [-0.2, 0) is 19.1 Å². The van der Waals surface area contributed by atoms with Crippen LogP contribution in [0.1, 0.15) is 5.56 Å². The largest absolute Gasteiger partial charge is 0.481 e. The molecule has 10 heteroatoms. The number of ether oxygens (including phenoxy) is 2. The number of para-hydroxylation sites is 1. The van der Waals surface area contributed by atoms with Gasteiger partial charge in [0.25, 0.3) is 11.8 Å². The molecule has 7 nitrogen and oxygen atoms in total. The first-order valence-electron chi connectivity index (χ1n) is 8.47. The molecule has 0 aromatic heterocycles. The van der Waals surface area contributed by atoms with E-state index in [2.05, 4.69) is 26.0 Å². The molecule has 154 valence electrons. The number of halogens is 2. The number of carbonyl (C=O) groups excluding carboxylic acids is 3. The van der Waals surface area contributed by atoms with Crippen molar-refractivity contribution in [2.75, 3.05) is 18.6 Å². The fourth-order valence-corrected chi connectivity index (χ4v) is 3.28. The first-order chi connectivity index (χ1) is 14.3. The monoisotopic (exact) mass is 492 g/mol. The number of benzene rings is 2. The number of thiocarbonyl (C=S) groups is 1. The molecule has 0 radical (unpaired) electrons. The SMILES string of the molecule is COC(=O)COc1ccc(Br)cc1/C=C1\C(=O)NC(=S)N(c2ccccc2F)C1=O. The van der Waals surface area contributed by atoms with E-state index in [1.807, 2.05) is 0 Å². The van der Waals surface area contributed by atoms with Crippen LogP contribution in [-0.4, -0.2) is 36.6 Å². The molecule has 0 unspecified atom stereocenters. The zero-order chi connectivity index (χ0) is 21.8. The predicted molar refractivity (Wildman–Crippen MR) is 114 cm³/mol. The minimum absolute atomic E-state index is 0.0881. The fraction of sp³-hybridized carbons (Fsp3) is 0.100. The summed E-state index contributed by atoms with van der Waals surface area (Å²) < 4.78 is 24.9. The summed E-state index contributed by atoms with van der Waals surface area (Å²) in [7, 11) is 1.22. The number of nitrogens with zero attached hydrogens (tertiary/aromatic N) is 1. The van der Waals surface area contributed by atoms with Crippen LogP contribution in [0.15, 0.2) is 52.5 Å². The zero-order valence-electron chi connectivity index (χ0n) is 15.5. The van der Waals surface area contributed by atoms with Crippen molar-refractivity contribution in [3.8, 4) is 5.75 Å². The summed E-state index contributed by atoms with van der Waals surface area (Å²) in [5, 5.41) is 2.15. The molecule has 3 rings (SSSR count). The molecule has 0 bridgehead atoms. The average molecular weight is 493 g/mol. The van der Waals surface area contributed by atoms with E-state index in [-0.39, 0.29) is 28.7 Å². The molecule has 1 fully saturated rings. The van der Waals surface area contributed by atoms with Gasteiger partial charge in [-0.2, -0.15) is 0 Å². The smallest absolute Gasteiger partial charge is 0.343 e. The maximum Gasteiger partial charge on any atom is 0.343 e. The van der Waals surface area contributed by atoms with Crippen LogP contribution in [0.4, 0.5) is 10.1 Å². The molecule has 0 spiro atoms. The van der Waals surface area contributed by atoms with Crippen molar-refractivity contribution < 1.29 is 28.2 Å². The molecule has 2 amide bonds. The summed E-state index contributed by atoms with van der Waals surface area (Å²) in [5.74, 6) is -2.57. The molecule has 0 aliphatic carbocycles. The third-order valence-corrected chi connectivity index (χ3v) is 4.82. The van der Waals surface area contributed by atoms with E-state index in [0.717, 1.165) is 4.90 Å². The standard InChI is InChI=1S/C20H14BrFN2O5S/c1-28-17(25)10-29-16-7-6-12(21)8-11(16)9-13-18(26)23-20(30)24(19(13)27)15-5-3-2-4-14(15)22/h2-9H,10H2,1H3,(H,23,26,30)/b13-9+. The van der Waals surface area contributed by atoms with Gasteiger partial charge in [0.15, 0.2) is 11.7 Å². The number of esters is 1. The van der Waals surface area contributed by atoms with E-state index < -0.39 is 23.6 Å². The van der Waals surface area contributed by atoms with E-state index in [1.54, 1.807) is 24.3 Å². The average Bonchev–Trinajstić information content (AvgIpc) is 2.71. The van der Waals surface area contributed by atoms with Crippen LogP contribution in [0, 0.1) is 5.82 Å². The Kier molecular flexibility index (Phi) is 6.58. The van der Waals surface area contributed by atoms with E-state index in [0.29, 0.717) is 10.0 Å². The van der Waals surface area contributed by atoms with Gasteiger partial charge >= 0.3 is 5.97 Å². The minimum Gasteiger partial charge on any atom is -0.481 e.